The molecule has 0 aliphatic heterocycles. The fraction of sp³-hybridized carbons (Fsp3) is 0.600. The lowest BCUT2D eigenvalue weighted by Crippen LogP contribution is -2.55. The zero-order valence-corrected chi connectivity index (χ0v) is 15.4. The SMILES string of the molecule is CSCCC(NC(=O)C(Cc1nc[nH]c1C)NC(=O)C(C)N)C(=O)O. The standard InChI is InChI=1S/C15H25N5O4S/c1-8(16)13(21)20-12(6-11-9(2)17-7-18-11)14(22)19-10(15(23)24)4-5-25-3/h7-8,10,12H,4-6,16H2,1-3H3,(H,17,18)(H,19,22)(H,20,21)(H,23,24). The van der Waals surface area contributed by atoms with E-state index in [2.05, 4.69) is 20.6 Å². The summed E-state index contributed by atoms with van der Waals surface area (Å²) in [6, 6.07) is -2.77. The number of hydrogen-bond acceptors (Lipinski definition) is 6. The summed E-state index contributed by atoms with van der Waals surface area (Å²) in [7, 11) is 0. The van der Waals surface area contributed by atoms with Gasteiger partial charge in [0.1, 0.15) is 12.1 Å². The van der Waals surface area contributed by atoms with Crippen molar-refractivity contribution in [1.82, 2.24) is 20.6 Å². The number of aromatic amines is 1. The van der Waals surface area contributed by atoms with Gasteiger partial charge in [-0.15, -0.1) is 0 Å². The third-order valence-corrected chi connectivity index (χ3v) is 4.25. The number of nitrogens with one attached hydrogen (secondary N) is 3. The maximum absolute atomic E-state index is 12.5. The minimum atomic E-state index is -1.12. The second kappa shape index (κ2) is 10.0. The monoisotopic (exact) mass is 371 g/mol. The van der Waals surface area contributed by atoms with Crippen LogP contribution >= 0.6 is 11.8 Å². The van der Waals surface area contributed by atoms with Crippen molar-refractivity contribution in [2.75, 3.05) is 12.0 Å². The van der Waals surface area contributed by atoms with Crippen molar-refractivity contribution in [3.8, 4) is 0 Å². The number of carbonyl (C=O) groups is 3. The predicted octanol–water partition coefficient (Wildman–Crippen LogP) is -0.585. The van der Waals surface area contributed by atoms with Crippen molar-refractivity contribution in [3.05, 3.63) is 17.7 Å². The minimum absolute atomic E-state index is 0.133. The van der Waals surface area contributed by atoms with E-state index in [1.54, 1.807) is 6.92 Å². The highest BCUT2D eigenvalue weighted by molar-refractivity contribution is 7.98. The van der Waals surface area contributed by atoms with E-state index in [0.29, 0.717) is 11.4 Å². The fourth-order valence-corrected chi connectivity index (χ4v) is 2.54. The van der Waals surface area contributed by atoms with E-state index in [1.165, 1.54) is 25.0 Å². The van der Waals surface area contributed by atoms with Crippen molar-refractivity contribution in [1.29, 1.82) is 0 Å². The van der Waals surface area contributed by atoms with Gasteiger partial charge in [-0.3, -0.25) is 9.59 Å². The zero-order chi connectivity index (χ0) is 19.0. The first kappa shape index (κ1) is 21.0. The van der Waals surface area contributed by atoms with Crippen LogP contribution in [0.4, 0.5) is 0 Å². The van der Waals surface area contributed by atoms with E-state index in [-0.39, 0.29) is 12.8 Å². The van der Waals surface area contributed by atoms with Gasteiger partial charge in [-0.05, 0) is 32.3 Å². The molecule has 0 fully saturated rings. The van der Waals surface area contributed by atoms with Crippen molar-refractivity contribution in [2.24, 2.45) is 5.73 Å². The average Bonchev–Trinajstić information content (AvgIpc) is 2.95. The molecule has 1 heterocycles. The summed E-state index contributed by atoms with van der Waals surface area (Å²) in [5.41, 5.74) is 6.92. The molecule has 1 aromatic heterocycles. The minimum Gasteiger partial charge on any atom is -0.480 e. The van der Waals surface area contributed by atoms with Gasteiger partial charge in [-0.1, -0.05) is 0 Å². The summed E-state index contributed by atoms with van der Waals surface area (Å²) in [6.07, 6.45) is 3.77. The number of imidazole rings is 1. The lowest BCUT2D eigenvalue weighted by atomic mass is 10.1. The van der Waals surface area contributed by atoms with Gasteiger partial charge >= 0.3 is 5.97 Å². The number of amides is 2. The van der Waals surface area contributed by atoms with Crippen LogP contribution in [0.2, 0.25) is 0 Å². The van der Waals surface area contributed by atoms with Crippen molar-refractivity contribution < 1.29 is 19.5 Å². The summed E-state index contributed by atoms with van der Waals surface area (Å²) in [6.45, 7) is 3.30. The second-order valence-corrected chi connectivity index (χ2v) is 6.69. The molecule has 25 heavy (non-hydrogen) atoms. The number of carbonyl (C=O) groups excluding carboxylic acids is 2. The van der Waals surface area contributed by atoms with Gasteiger partial charge < -0.3 is 26.5 Å². The molecule has 0 aliphatic rings. The number of hydrogen-bond donors (Lipinski definition) is 5. The van der Waals surface area contributed by atoms with Crippen LogP contribution in [-0.4, -0.2) is 63.0 Å². The Labute approximate surface area is 150 Å². The van der Waals surface area contributed by atoms with E-state index in [1.807, 2.05) is 6.26 Å². The first-order chi connectivity index (χ1) is 11.8. The number of nitrogens with two attached hydrogens (primary N) is 1. The average molecular weight is 371 g/mol. The van der Waals surface area contributed by atoms with Gasteiger partial charge in [0, 0.05) is 12.1 Å². The highest BCUT2D eigenvalue weighted by Gasteiger charge is 2.28. The normalized spacial score (nSPS) is 14.4. The van der Waals surface area contributed by atoms with E-state index in [9.17, 15) is 19.5 Å². The number of aliphatic carboxylic acids is 1. The molecule has 3 atom stereocenters. The first-order valence-electron chi connectivity index (χ1n) is 7.83. The van der Waals surface area contributed by atoms with Gasteiger partial charge in [-0.25, -0.2) is 9.78 Å². The number of aromatic nitrogens is 2. The molecule has 0 spiro atoms. The molecule has 9 nitrogen and oxygen atoms in total. The Kier molecular flexibility index (Phi) is 8.42. The molecular weight excluding hydrogens is 346 g/mol. The summed E-state index contributed by atoms with van der Waals surface area (Å²) >= 11 is 1.49. The molecule has 1 rings (SSSR count). The summed E-state index contributed by atoms with van der Waals surface area (Å²) in [5.74, 6) is -1.60. The fourth-order valence-electron chi connectivity index (χ4n) is 2.06. The highest BCUT2D eigenvalue weighted by atomic mass is 32.2. The summed E-state index contributed by atoms with van der Waals surface area (Å²) in [5, 5.41) is 14.3. The number of carboxylic acid groups (broad SMARTS) is 1. The molecule has 140 valence electrons. The molecule has 2 amide bonds. The maximum atomic E-state index is 12.5. The molecular formula is C15H25N5O4S. The Morgan fingerprint density at radius 3 is 2.44 bits per heavy atom. The van der Waals surface area contributed by atoms with E-state index >= 15 is 0 Å². The molecule has 3 unspecified atom stereocenters. The molecule has 0 aliphatic carbocycles. The van der Waals surface area contributed by atoms with E-state index in [4.69, 9.17) is 5.73 Å². The highest BCUT2D eigenvalue weighted by Crippen LogP contribution is 2.07. The quantitative estimate of drug-likeness (QED) is 0.369. The van der Waals surface area contributed by atoms with Gasteiger partial charge in [0.15, 0.2) is 0 Å². The van der Waals surface area contributed by atoms with Crippen molar-refractivity contribution in [2.45, 2.75) is 44.8 Å². The van der Waals surface area contributed by atoms with E-state index in [0.717, 1.165) is 5.69 Å². The second-order valence-electron chi connectivity index (χ2n) is 5.71. The summed E-state index contributed by atoms with van der Waals surface area (Å²) < 4.78 is 0. The number of aryl methyl sites for hydroxylation is 1. The van der Waals surface area contributed by atoms with Crippen LogP contribution in [0.25, 0.3) is 0 Å². The number of H-pyrrole nitrogens is 1. The molecule has 0 radical (unpaired) electrons. The van der Waals surface area contributed by atoms with Crippen LogP contribution in [0.1, 0.15) is 24.7 Å². The topological polar surface area (TPSA) is 150 Å². The number of nitrogens with zero attached hydrogens (tertiary/aromatic N) is 1. The molecule has 0 bridgehead atoms. The molecule has 1 aromatic rings. The van der Waals surface area contributed by atoms with Crippen LogP contribution in [0.5, 0.6) is 0 Å². The Morgan fingerprint density at radius 2 is 1.96 bits per heavy atom. The summed E-state index contributed by atoms with van der Waals surface area (Å²) in [4.78, 5) is 42.8. The number of thioether (sulfide) groups is 1. The van der Waals surface area contributed by atoms with Crippen LogP contribution in [0.3, 0.4) is 0 Å². The van der Waals surface area contributed by atoms with Crippen molar-refractivity contribution >= 4 is 29.5 Å². The maximum Gasteiger partial charge on any atom is 0.326 e. The molecule has 6 N–H and O–H groups in total. The van der Waals surface area contributed by atoms with Crippen LogP contribution in [0.15, 0.2) is 6.33 Å². The van der Waals surface area contributed by atoms with Gasteiger partial charge in [0.2, 0.25) is 11.8 Å². The third kappa shape index (κ3) is 6.75. The largest absolute Gasteiger partial charge is 0.480 e. The number of rotatable bonds is 10. The lowest BCUT2D eigenvalue weighted by Gasteiger charge is -2.22. The van der Waals surface area contributed by atoms with Gasteiger partial charge in [-0.2, -0.15) is 11.8 Å². The van der Waals surface area contributed by atoms with E-state index < -0.39 is 35.9 Å². The van der Waals surface area contributed by atoms with Crippen molar-refractivity contribution in [3.63, 3.8) is 0 Å². The Morgan fingerprint density at radius 1 is 1.32 bits per heavy atom. The Bertz CT molecular complexity index is 604. The third-order valence-electron chi connectivity index (χ3n) is 3.60. The first-order valence-corrected chi connectivity index (χ1v) is 9.22. The predicted molar refractivity (Wildman–Crippen MR) is 95.2 cm³/mol. The smallest absolute Gasteiger partial charge is 0.326 e. The molecule has 0 saturated heterocycles. The molecule has 0 aromatic carbocycles. The Hall–Kier alpha value is -2.07. The van der Waals surface area contributed by atoms with Crippen LogP contribution in [-0.2, 0) is 20.8 Å². The van der Waals surface area contributed by atoms with Gasteiger partial charge in [0.05, 0.1) is 18.1 Å². The van der Waals surface area contributed by atoms with Gasteiger partial charge in [0.25, 0.3) is 0 Å². The molecule has 10 heteroatoms. The Balaban J connectivity index is 2.88. The lowest BCUT2D eigenvalue weighted by molar-refractivity contribution is -0.142. The van der Waals surface area contributed by atoms with Crippen LogP contribution in [0, 0.1) is 6.92 Å². The number of carboxylic acids is 1. The zero-order valence-electron chi connectivity index (χ0n) is 14.5. The van der Waals surface area contributed by atoms with Crippen LogP contribution < -0.4 is 16.4 Å². The molecule has 0 saturated carbocycles.